The molecule has 1 aliphatic heterocycles. The molecule has 1 atom stereocenters. The first kappa shape index (κ1) is 16.3. The van der Waals surface area contributed by atoms with E-state index in [1.165, 1.54) is 0 Å². The molecule has 5 heteroatoms. The third-order valence-electron chi connectivity index (χ3n) is 4.43. The summed E-state index contributed by atoms with van der Waals surface area (Å²) in [5.74, 6) is -0.843. The van der Waals surface area contributed by atoms with Gasteiger partial charge in [-0.05, 0) is 31.5 Å². The highest BCUT2D eigenvalue weighted by Crippen LogP contribution is 2.22. The van der Waals surface area contributed by atoms with Gasteiger partial charge in [0.05, 0.1) is 11.3 Å². The molecule has 2 aromatic rings. The highest BCUT2D eigenvalue weighted by molar-refractivity contribution is 5.98. The highest BCUT2D eigenvalue weighted by Gasteiger charge is 2.27. The van der Waals surface area contributed by atoms with E-state index in [0.717, 1.165) is 24.9 Å². The average Bonchev–Trinajstić information content (AvgIpc) is 2.62. The van der Waals surface area contributed by atoms with Crippen molar-refractivity contribution in [3.63, 3.8) is 0 Å². The van der Waals surface area contributed by atoms with Crippen LogP contribution in [0.25, 0.3) is 0 Å². The summed E-state index contributed by atoms with van der Waals surface area (Å²) >= 11 is 0. The Labute approximate surface area is 140 Å². The molecule has 3 rings (SSSR count). The van der Waals surface area contributed by atoms with E-state index in [1.807, 2.05) is 30.3 Å². The van der Waals surface area contributed by atoms with Crippen molar-refractivity contribution in [1.29, 1.82) is 0 Å². The predicted octanol–water partition coefficient (Wildman–Crippen LogP) is 2.87. The summed E-state index contributed by atoms with van der Waals surface area (Å²) in [7, 11) is 0. The molecule has 1 aromatic heterocycles. The van der Waals surface area contributed by atoms with Crippen LogP contribution in [-0.4, -0.2) is 39.8 Å². The Balaban J connectivity index is 1.70. The first-order chi connectivity index (χ1) is 11.6. The second-order valence-corrected chi connectivity index (χ2v) is 6.11. The Morgan fingerprint density at radius 2 is 1.96 bits per heavy atom. The van der Waals surface area contributed by atoms with Crippen LogP contribution in [0, 0.1) is 5.92 Å². The maximum Gasteiger partial charge on any atom is 0.337 e. The molecule has 0 unspecified atom stereocenters. The summed E-state index contributed by atoms with van der Waals surface area (Å²) in [4.78, 5) is 30.3. The minimum Gasteiger partial charge on any atom is -0.478 e. The zero-order valence-corrected chi connectivity index (χ0v) is 13.4. The van der Waals surface area contributed by atoms with Crippen LogP contribution in [0.3, 0.4) is 0 Å². The van der Waals surface area contributed by atoms with Crippen LogP contribution in [0.5, 0.6) is 0 Å². The number of carboxylic acid groups (broad SMARTS) is 1. The summed E-state index contributed by atoms with van der Waals surface area (Å²) in [6.07, 6.45) is 3.41. The number of hydrogen-bond donors (Lipinski definition) is 1. The van der Waals surface area contributed by atoms with Gasteiger partial charge in [0.2, 0.25) is 0 Å². The molecule has 0 amide bonds. The largest absolute Gasteiger partial charge is 0.478 e. The van der Waals surface area contributed by atoms with Crippen LogP contribution in [0.1, 0.15) is 39.3 Å². The molecule has 1 fully saturated rings. The predicted molar refractivity (Wildman–Crippen MR) is 90.0 cm³/mol. The van der Waals surface area contributed by atoms with E-state index in [4.69, 9.17) is 0 Å². The van der Waals surface area contributed by atoms with Crippen molar-refractivity contribution in [2.45, 2.75) is 19.4 Å². The number of nitrogens with zero attached hydrogens (tertiary/aromatic N) is 2. The molecule has 1 N–H and O–H groups in total. The fraction of sp³-hybridized carbons (Fsp3) is 0.316. The molecule has 0 saturated carbocycles. The summed E-state index contributed by atoms with van der Waals surface area (Å²) in [6, 6.07) is 12.6. The van der Waals surface area contributed by atoms with Crippen LogP contribution in [0.15, 0.2) is 48.7 Å². The zero-order chi connectivity index (χ0) is 16.9. The lowest BCUT2D eigenvalue weighted by Gasteiger charge is -2.32. The van der Waals surface area contributed by atoms with E-state index in [2.05, 4.69) is 9.88 Å². The summed E-state index contributed by atoms with van der Waals surface area (Å²) in [6.45, 7) is 1.96. The van der Waals surface area contributed by atoms with E-state index in [0.29, 0.717) is 18.8 Å². The average molecular weight is 324 g/mol. The van der Waals surface area contributed by atoms with E-state index < -0.39 is 5.97 Å². The lowest BCUT2D eigenvalue weighted by Crippen LogP contribution is -2.38. The van der Waals surface area contributed by atoms with Crippen LogP contribution in [0.4, 0.5) is 0 Å². The first-order valence-corrected chi connectivity index (χ1v) is 8.14. The van der Waals surface area contributed by atoms with Crippen molar-refractivity contribution in [2.24, 2.45) is 5.92 Å². The lowest BCUT2D eigenvalue weighted by atomic mass is 9.90. The molecule has 0 bridgehead atoms. The first-order valence-electron chi connectivity index (χ1n) is 8.14. The Morgan fingerprint density at radius 1 is 1.17 bits per heavy atom. The number of piperidine rings is 1. The minimum atomic E-state index is -0.966. The number of hydrogen-bond acceptors (Lipinski definition) is 4. The monoisotopic (exact) mass is 324 g/mol. The second-order valence-electron chi connectivity index (χ2n) is 6.11. The Hall–Kier alpha value is -2.53. The molecule has 0 spiro atoms. The smallest absolute Gasteiger partial charge is 0.337 e. The van der Waals surface area contributed by atoms with Crippen LogP contribution < -0.4 is 0 Å². The Bertz CT molecular complexity index is 730. The van der Waals surface area contributed by atoms with Gasteiger partial charge in [-0.1, -0.05) is 30.3 Å². The topological polar surface area (TPSA) is 70.5 Å². The van der Waals surface area contributed by atoms with Gasteiger partial charge in [-0.15, -0.1) is 0 Å². The molecular weight excluding hydrogens is 304 g/mol. The van der Waals surface area contributed by atoms with Crippen molar-refractivity contribution in [3.8, 4) is 0 Å². The Kier molecular flexibility index (Phi) is 5.01. The zero-order valence-electron chi connectivity index (χ0n) is 13.4. The fourth-order valence-corrected chi connectivity index (χ4v) is 3.22. The van der Waals surface area contributed by atoms with Gasteiger partial charge in [0.1, 0.15) is 0 Å². The van der Waals surface area contributed by atoms with Crippen molar-refractivity contribution >= 4 is 11.8 Å². The van der Waals surface area contributed by atoms with Gasteiger partial charge in [-0.25, -0.2) is 4.79 Å². The maximum atomic E-state index is 12.6. The van der Waals surface area contributed by atoms with Crippen molar-refractivity contribution < 1.29 is 14.7 Å². The third kappa shape index (κ3) is 3.68. The number of aromatic carboxylic acids is 1. The van der Waals surface area contributed by atoms with E-state index >= 15 is 0 Å². The maximum absolute atomic E-state index is 12.6. The minimum absolute atomic E-state index is 0.0434. The number of benzene rings is 1. The molecule has 24 heavy (non-hydrogen) atoms. The van der Waals surface area contributed by atoms with Crippen molar-refractivity contribution in [1.82, 2.24) is 9.88 Å². The van der Waals surface area contributed by atoms with Crippen LogP contribution in [0.2, 0.25) is 0 Å². The van der Waals surface area contributed by atoms with Crippen LogP contribution in [-0.2, 0) is 6.54 Å². The third-order valence-corrected chi connectivity index (χ3v) is 4.43. The standard InChI is InChI=1S/C19H20N2O3/c22-18(14-6-2-1-3-7-14)15-8-5-11-21(12-15)13-17-16(19(23)24)9-4-10-20-17/h1-4,6-7,9-10,15H,5,8,11-13H2,(H,23,24)/t15-/m1/s1. The molecule has 1 aromatic carbocycles. The van der Waals surface area contributed by atoms with E-state index in [1.54, 1.807) is 18.3 Å². The van der Waals surface area contributed by atoms with Gasteiger partial charge in [0.25, 0.3) is 0 Å². The molecule has 2 heterocycles. The molecule has 0 aliphatic carbocycles. The number of carboxylic acids is 1. The SMILES string of the molecule is O=C(O)c1cccnc1CN1CCC[C@@H](C(=O)c2ccccc2)C1. The number of pyridine rings is 1. The quantitative estimate of drug-likeness (QED) is 0.856. The molecule has 1 saturated heterocycles. The fourth-order valence-electron chi connectivity index (χ4n) is 3.22. The molecule has 1 aliphatic rings. The number of ketones is 1. The van der Waals surface area contributed by atoms with Gasteiger partial charge in [0, 0.05) is 30.8 Å². The summed E-state index contributed by atoms with van der Waals surface area (Å²) in [5, 5.41) is 9.27. The lowest BCUT2D eigenvalue weighted by molar-refractivity contribution is 0.0688. The molecule has 0 radical (unpaired) electrons. The normalized spacial score (nSPS) is 18.2. The number of likely N-dealkylation sites (tertiary alicyclic amines) is 1. The van der Waals surface area contributed by atoms with Crippen LogP contribution >= 0.6 is 0 Å². The number of Topliss-reactive ketones (excluding diaryl/α,β-unsaturated/α-hetero) is 1. The number of carbonyl (C=O) groups is 2. The number of aromatic nitrogens is 1. The van der Waals surface area contributed by atoms with Gasteiger partial charge < -0.3 is 5.11 Å². The number of carbonyl (C=O) groups excluding carboxylic acids is 1. The second kappa shape index (κ2) is 7.36. The summed E-state index contributed by atoms with van der Waals surface area (Å²) in [5.41, 5.74) is 1.53. The van der Waals surface area contributed by atoms with E-state index in [9.17, 15) is 14.7 Å². The van der Waals surface area contributed by atoms with Gasteiger partial charge in [0.15, 0.2) is 5.78 Å². The molecule has 5 nitrogen and oxygen atoms in total. The van der Waals surface area contributed by atoms with E-state index in [-0.39, 0.29) is 17.3 Å². The van der Waals surface area contributed by atoms with Crippen molar-refractivity contribution in [3.05, 3.63) is 65.5 Å². The molecule has 124 valence electrons. The summed E-state index contributed by atoms with van der Waals surface area (Å²) < 4.78 is 0. The van der Waals surface area contributed by atoms with Gasteiger partial charge in [-0.3, -0.25) is 14.7 Å². The van der Waals surface area contributed by atoms with Gasteiger partial charge >= 0.3 is 5.97 Å². The Morgan fingerprint density at radius 3 is 2.71 bits per heavy atom. The van der Waals surface area contributed by atoms with Gasteiger partial charge in [-0.2, -0.15) is 0 Å². The molecular formula is C19H20N2O3. The van der Waals surface area contributed by atoms with Crippen molar-refractivity contribution in [2.75, 3.05) is 13.1 Å². The highest BCUT2D eigenvalue weighted by atomic mass is 16.4. The number of rotatable bonds is 5.